The van der Waals surface area contributed by atoms with Crippen LogP contribution in [0.4, 0.5) is 0 Å². The Labute approximate surface area is 106 Å². The van der Waals surface area contributed by atoms with E-state index in [1.165, 1.54) is 0 Å². The number of nitriles is 1. The van der Waals surface area contributed by atoms with E-state index in [9.17, 15) is 0 Å². The summed E-state index contributed by atoms with van der Waals surface area (Å²) in [5, 5.41) is 13.1. The fourth-order valence-electron chi connectivity index (χ4n) is 1.79. The maximum absolute atomic E-state index is 9.14. The molecule has 0 aliphatic heterocycles. The van der Waals surface area contributed by atoms with E-state index in [0.29, 0.717) is 18.0 Å². The third kappa shape index (κ3) is 2.58. The first-order valence-electron chi connectivity index (χ1n) is 5.85. The van der Waals surface area contributed by atoms with Crippen LogP contribution in [0.25, 0.3) is 10.9 Å². The third-order valence-corrected chi connectivity index (χ3v) is 2.61. The van der Waals surface area contributed by atoms with E-state index in [0.717, 1.165) is 10.9 Å². The van der Waals surface area contributed by atoms with Gasteiger partial charge in [-0.3, -0.25) is 0 Å². The molecule has 0 saturated carbocycles. The molecule has 0 bridgehead atoms. The number of likely N-dealkylation sites (N-methyl/N-ethyl adjacent to an activating group) is 1. The van der Waals surface area contributed by atoms with E-state index in [4.69, 9.17) is 10.00 Å². The molecular formula is C14H15N3O. The summed E-state index contributed by atoms with van der Waals surface area (Å²) in [6, 6.07) is 11.6. The molecule has 4 nitrogen and oxygen atoms in total. The third-order valence-electron chi connectivity index (χ3n) is 2.61. The molecular weight excluding hydrogens is 226 g/mol. The monoisotopic (exact) mass is 241 g/mol. The SMILES string of the molecule is CNCC(C)Oc1nc2ccccc2cc1C#N. The van der Waals surface area contributed by atoms with Crippen LogP contribution in [0.2, 0.25) is 0 Å². The number of nitrogens with zero attached hydrogens (tertiary/aromatic N) is 2. The second kappa shape index (κ2) is 5.48. The molecule has 0 aliphatic rings. The summed E-state index contributed by atoms with van der Waals surface area (Å²) in [6.07, 6.45) is -0.0317. The summed E-state index contributed by atoms with van der Waals surface area (Å²) in [7, 11) is 1.86. The predicted molar refractivity (Wildman–Crippen MR) is 70.5 cm³/mol. The maximum atomic E-state index is 9.14. The van der Waals surface area contributed by atoms with Gasteiger partial charge in [-0.2, -0.15) is 5.26 Å². The molecule has 0 spiro atoms. The Bertz CT molecular complexity index is 589. The molecule has 0 saturated heterocycles. The van der Waals surface area contributed by atoms with Gasteiger partial charge in [-0.15, -0.1) is 0 Å². The first-order valence-corrected chi connectivity index (χ1v) is 5.85. The number of hydrogen-bond acceptors (Lipinski definition) is 4. The standard InChI is InChI=1S/C14H15N3O/c1-10(9-16-2)18-14-12(8-15)7-11-5-3-4-6-13(11)17-14/h3-7,10,16H,9H2,1-2H3. The van der Waals surface area contributed by atoms with E-state index in [2.05, 4.69) is 16.4 Å². The highest BCUT2D eigenvalue weighted by Gasteiger charge is 2.11. The van der Waals surface area contributed by atoms with Crippen molar-refractivity contribution in [3.05, 3.63) is 35.9 Å². The number of nitrogens with one attached hydrogen (secondary N) is 1. The van der Waals surface area contributed by atoms with Crippen molar-refractivity contribution in [2.24, 2.45) is 0 Å². The average Bonchev–Trinajstić information content (AvgIpc) is 2.38. The van der Waals surface area contributed by atoms with Gasteiger partial charge < -0.3 is 10.1 Å². The second-order valence-electron chi connectivity index (χ2n) is 4.13. The fourth-order valence-corrected chi connectivity index (χ4v) is 1.79. The number of ether oxygens (including phenoxy) is 1. The van der Waals surface area contributed by atoms with Crippen molar-refractivity contribution in [1.82, 2.24) is 10.3 Å². The topological polar surface area (TPSA) is 57.9 Å². The quantitative estimate of drug-likeness (QED) is 0.890. The van der Waals surface area contributed by atoms with Gasteiger partial charge in [0, 0.05) is 11.9 Å². The number of para-hydroxylation sites is 1. The molecule has 0 amide bonds. The molecule has 0 radical (unpaired) electrons. The summed E-state index contributed by atoms with van der Waals surface area (Å²) < 4.78 is 5.69. The van der Waals surface area contributed by atoms with Crippen LogP contribution < -0.4 is 10.1 Å². The van der Waals surface area contributed by atoms with Crippen LogP contribution in [0.1, 0.15) is 12.5 Å². The summed E-state index contributed by atoms with van der Waals surface area (Å²) in [6.45, 7) is 2.65. The molecule has 4 heteroatoms. The fraction of sp³-hybridized carbons (Fsp3) is 0.286. The number of aromatic nitrogens is 1. The Morgan fingerprint density at radius 1 is 1.44 bits per heavy atom. The van der Waals surface area contributed by atoms with Gasteiger partial charge in [0.1, 0.15) is 17.7 Å². The van der Waals surface area contributed by atoms with Gasteiger partial charge >= 0.3 is 0 Å². The minimum absolute atomic E-state index is 0.0317. The van der Waals surface area contributed by atoms with E-state index in [1.54, 1.807) is 0 Å². The second-order valence-corrected chi connectivity index (χ2v) is 4.13. The Kier molecular flexibility index (Phi) is 3.75. The molecule has 0 aliphatic carbocycles. The summed E-state index contributed by atoms with van der Waals surface area (Å²) in [5.41, 5.74) is 1.31. The van der Waals surface area contributed by atoms with Gasteiger partial charge in [0.2, 0.25) is 5.88 Å². The molecule has 92 valence electrons. The van der Waals surface area contributed by atoms with Crippen molar-refractivity contribution in [3.8, 4) is 11.9 Å². The highest BCUT2D eigenvalue weighted by molar-refractivity contribution is 5.80. The van der Waals surface area contributed by atoms with E-state index >= 15 is 0 Å². The molecule has 1 unspecified atom stereocenters. The lowest BCUT2D eigenvalue weighted by molar-refractivity contribution is 0.212. The molecule has 1 aromatic heterocycles. The van der Waals surface area contributed by atoms with Gasteiger partial charge in [-0.1, -0.05) is 18.2 Å². The molecule has 0 fully saturated rings. The Hall–Kier alpha value is -2.12. The van der Waals surface area contributed by atoms with Gasteiger partial charge in [0.15, 0.2) is 0 Å². The minimum atomic E-state index is -0.0317. The van der Waals surface area contributed by atoms with Gasteiger partial charge in [-0.25, -0.2) is 4.98 Å². The van der Waals surface area contributed by atoms with Crippen LogP contribution in [0.5, 0.6) is 5.88 Å². The molecule has 2 aromatic rings. The van der Waals surface area contributed by atoms with E-state index in [1.807, 2.05) is 44.3 Å². The molecule has 1 N–H and O–H groups in total. The van der Waals surface area contributed by atoms with Gasteiger partial charge in [-0.05, 0) is 26.1 Å². The maximum Gasteiger partial charge on any atom is 0.232 e. The van der Waals surface area contributed by atoms with Crippen LogP contribution in [0, 0.1) is 11.3 Å². The predicted octanol–water partition coefficient (Wildman–Crippen LogP) is 2.09. The number of hydrogen-bond donors (Lipinski definition) is 1. The summed E-state index contributed by atoms with van der Waals surface area (Å²) in [5.74, 6) is 0.402. The first-order chi connectivity index (χ1) is 8.74. The smallest absolute Gasteiger partial charge is 0.232 e. The Morgan fingerprint density at radius 2 is 2.22 bits per heavy atom. The molecule has 1 aromatic carbocycles. The summed E-state index contributed by atoms with van der Waals surface area (Å²) in [4.78, 5) is 4.40. The number of benzene rings is 1. The van der Waals surface area contributed by atoms with Gasteiger partial charge in [0.25, 0.3) is 0 Å². The Morgan fingerprint density at radius 3 is 2.94 bits per heavy atom. The van der Waals surface area contributed by atoms with Crippen LogP contribution in [0.15, 0.2) is 30.3 Å². The van der Waals surface area contributed by atoms with Crippen LogP contribution in [0.3, 0.4) is 0 Å². The van der Waals surface area contributed by atoms with Gasteiger partial charge in [0.05, 0.1) is 5.52 Å². The molecule has 2 rings (SSSR count). The minimum Gasteiger partial charge on any atom is -0.472 e. The normalized spacial score (nSPS) is 12.1. The van der Waals surface area contributed by atoms with Crippen LogP contribution in [-0.4, -0.2) is 24.7 Å². The van der Waals surface area contributed by atoms with Crippen molar-refractivity contribution >= 4 is 10.9 Å². The highest BCUT2D eigenvalue weighted by atomic mass is 16.5. The number of rotatable bonds is 4. The highest BCUT2D eigenvalue weighted by Crippen LogP contribution is 2.22. The molecule has 18 heavy (non-hydrogen) atoms. The van der Waals surface area contributed by atoms with Crippen molar-refractivity contribution in [2.75, 3.05) is 13.6 Å². The lowest BCUT2D eigenvalue weighted by Crippen LogP contribution is -2.26. The zero-order valence-electron chi connectivity index (χ0n) is 10.5. The largest absolute Gasteiger partial charge is 0.472 e. The number of pyridine rings is 1. The van der Waals surface area contributed by atoms with Crippen LogP contribution in [-0.2, 0) is 0 Å². The molecule has 1 heterocycles. The lowest BCUT2D eigenvalue weighted by atomic mass is 10.1. The average molecular weight is 241 g/mol. The molecule has 1 atom stereocenters. The Balaban J connectivity index is 2.39. The van der Waals surface area contributed by atoms with Crippen molar-refractivity contribution in [1.29, 1.82) is 5.26 Å². The lowest BCUT2D eigenvalue weighted by Gasteiger charge is -2.14. The van der Waals surface area contributed by atoms with Crippen molar-refractivity contribution in [2.45, 2.75) is 13.0 Å². The van der Waals surface area contributed by atoms with Crippen molar-refractivity contribution < 1.29 is 4.74 Å². The van der Waals surface area contributed by atoms with Crippen molar-refractivity contribution in [3.63, 3.8) is 0 Å². The zero-order chi connectivity index (χ0) is 13.0. The van der Waals surface area contributed by atoms with E-state index in [-0.39, 0.29) is 6.10 Å². The van der Waals surface area contributed by atoms with Crippen LogP contribution >= 0.6 is 0 Å². The zero-order valence-corrected chi connectivity index (χ0v) is 10.5. The first kappa shape index (κ1) is 12.3. The number of fused-ring (bicyclic) bond motifs is 1. The van der Waals surface area contributed by atoms with E-state index < -0.39 is 0 Å². The summed E-state index contributed by atoms with van der Waals surface area (Å²) >= 11 is 0.